The number of nitrogens with one attached hydrogen (secondary N) is 1. The number of unbranched alkanes of at least 4 members (excludes halogenated alkanes) is 1. The van der Waals surface area contributed by atoms with Gasteiger partial charge in [0, 0.05) is 12.1 Å². The van der Waals surface area contributed by atoms with E-state index in [9.17, 15) is 0 Å². The van der Waals surface area contributed by atoms with E-state index < -0.39 is 0 Å². The van der Waals surface area contributed by atoms with Crippen LogP contribution in [-0.2, 0) is 0 Å². The molecule has 0 aromatic heterocycles. The monoisotopic (exact) mass is 395 g/mol. The summed E-state index contributed by atoms with van der Waals surface area (Å²) in [5.41, 5.74) is 8.13. The highest BCUT2D eigenvalue weighted by Gasteiger charge is 2.16. The first-order chi connectivity index (χ1) is 14.7. The van der Waals surface area contributed by atoms with Gasteiger partial charge in [0.25, 0.3) is 0 Å². The second-order valence-corrected chi connectivity index (χ2v) is 7.96. The molecule has 0 saturated carbocycles. The molecule has 1 aliphatic heterocycles. The van der Waals surface area contributed by atoms with Crippen molar-refractivity contribution in [2.75, 3.05) is 5.32 Å². The minimum Gasteiger partial charge on any atom is -0.378 e. The Bertz CT molecular complexity index is 1020. The molecule has 1 heterocycles. The predicted octanol–water partition coefficient (Wildman–Crippen LogP) is 6.94. The molecular formula is C27H29N3. The van der Waals surface area contributed by atoms with E-state index in [0.717, 1.165) is 41.1 Å². The van der Waals surface area contributed by atoms with Gasteiger partial charge >= 0.3 is 0 Å². The molecule has 3 aromatic rings. The molecule has 0 fully saturated rings. The van der Waals surface area contributed by atoms with E-state index in [1.165, 1.54) is 24.0 Å². The first-order valence-corrected chi connectivity index (χ1v) is 10.9. The van der Waals surface area contributed by atoms with E-state index in [0.29, 0.717) is 6.04 Å². The number of nitrogens with zero attached hydrogens (tertiary/aromatic N) is 2. The predicted molar refractivity (Wildman–Crippen MR) is 128 cm³/mol. The zero-order chi connectivity index (χ0) is 20.8. The summed E-state index contributed by atoms with van der Waals surface area (Å²) in [7, 11) is 0. The quantitative estimate of drug-likeness (QED) is 0.441. The van der Waals surface area contributed by atoms with Crippen molar-refractivity contribution in [3.05, 3.63) is 101 Å². The lowest BCUT2D eigenvalue weighted by Gasteiger charge is -2.21. The van der Waals surface area contributed by atoms with Crippen LogP contribution in [0.3, 0.4) is 0 Å². The molecule has 1 N–H and O–H groups in total. The van der Waals surface area contributed by atoms with Crippen LogP contribution in [0.5, 0.6) is 0 Å². The van der Waals surface area contributed by atoms with Crippen molar-refractivity contribution in [3.8, 4) is 0 Å². The Morgan fingerprint density at radius 2 is 1.43 bits per heavy atom. The summed E-state index contributed by atoms with van der Waals surface area (Å²) in [6.07, 6.45) is 4.31. The molecular weight excluding hydrogens is 366 g/mol. The van der Waals surface area contributed by atoms with Crippen LogP contribution in [0.1, 0.15) is 60.9 Å². The standard InChI is InChI=1S/C27H29N3/c1-3-4-10-25(22-13-11-20(2)12-14-22)28-24-17-15-23(16-18-24)27-19-26(29-30-27)21-8-6-5-7-9-21/h5-9,11-18,25,28H,3-4,10,19H2,1-2H3. The molecule has 0 aliphatic carbocycles. The molecule has 0 amide bonds. The van der Waals surface area contributed by atoms with E-state index in [4.69, 9.17) is 0 Å². The fraction of sp³-hybridized carbons (Fsp3) is 0.259. The van der Waals surface area contributed by atoms with Gasteiger partial charge in [0.15, 0.2) is 0 Å². The number of benzene rings is 3. The fourth-order valence-electron chi connectivity index (χ4n) is 3.79. The minimum absolute atomic E-state index is 0.327. The number of rotatable bonds is 8. The molecule has 0 spiro atoms. The third-order valence-corrected chi connectivity index (χ3v) is 5.62. The highest BCUT2D eigenvalue weighted by molar-refractivity contribution is 6.20. The van der Waals surface area contributed by atoms with E-state index in [1.54, 1.807) is 0 Å². The second kappa shape index (κ2) is 9.53. The third-order valence-electron chi connectivity index (χ3n) is 5.62. The molecule has 0 radical (unpaired) electrons. The Morgan fingerprint density at radius 3 is 2.07 bits per heavy atom. The molecule has 1 unspecified atom stereocenters. The molecule has 30 heavy (non-hydrogen) atoms. The zero-order valence-corrected chi connectivity index (χ0v) is 17.8. The SMILES string of the molecule is CCCCC(Nc1ccc(C2=NN=C(c3ccccc3)C2)cc1)c1ccc(C)cc1. The van der Waals surface area contributed by atoms with E-state index in [2.05, 4.69) is 90.0 Å². The van der Waals surface area contributed by atoms with Gasteiger partial charge in [-0.1, -0.05) is 92.1 Å². The van der Waals surface area contributed by atoms with Crippen molar-refractivity contribution in [1.29, 1.82) is 0 Å². The molecule has 3 heteroatoms. The Labute approximate surface area is 179 Å². The molecule has 152 valence electrons. The Morgan fingerprint density at radius 1 is 0.800 bits per heavy atom. The maximum absolute atomic E-state index is 4.43. The van der Waals surface area contributed by atoms with Crippen molar-refractivity contribution in [3.63, 3.8) is 0 Å². The van der Waals surface area contributed by atoms with Crippen molar-refractivity contribution in [2.24, 2.45) is 10.2 Å². The van der Waals surface area contributed by atoms with Gasteiger partial charge < -0.3 is 5.32 Å². The Kier molecular flexibility index (Phi) is 6.38. The lowest BCUT2D eigenvalue weighted by molar-refractivity contribution is 0.634. The van der Waals surface area contributed by atoms with Crippen LogP contribution in [-0.4, -0.2) is 11.4 Å². The number of hydrogen-bond acceptors (Lipinski definition) is 3. The van der Waals surface area contributed by atoms with E-state index >= 15 is 0 Å². The average molecular weight is 396 g/mol. The number of hydrogen-bond donors (Lipinski definition) is 1. The van der Waals surface area contributed by atoms with Crippen LogP contribution in [0.15, 0.2) is 89.1 Å². The molecule has 0 saturated heterocycles. The van der Waals surface area contributed by atoms with Crippen LogP contribution in [0.4, 0.5) is 5.69 Å². The first kappa shape index (κ1) is 20.1. The van der Waals surface area contributed by atoms with Gasteiger partial charge in [0.2, 0.25) is 0 Å². The highest BCUT2D eigenvalue weighted by Crippen LogP contribution is 2.26. The van der Waals surface area contributed by atoms with Crippen LogP contribution in [0, 0.1) is 6.92 Å². The second-order valence-electron chi connectivity index (χ2n) is 7.96. The summed E-state index contributed by atoms with van der Waals surface area (Å²) < 4.78 is 0. The first-order valence-electron chi connectivity index (χ1n) is 10.9. The fourth-order valence-corrected chi connectivity index (χ4v) is 3.79. The number of aryl methyl sites for hydroxylation is 1. The normalized spacial score (nSPS) is 14.2. The van der Waals surface area contributed by atoms with Crippen LogP contribution >= 0.6 is 0 Å². The van der Waals surface area contributed by atoms with Gasteiger partial charge in [-0.15, -0.1) is 0 Å². The van der Waals surface area contributed by atoms with Crippen molar-refractivity contribution >= 4 is 17.1 Å². The molecule has 4 rings (SSSR count). The van der Waals surface area contributed by atoms with Gasteiger partial charge in [-0.25, -0.2) is 0 Å². The van der Waals surface area contributed by atoms with Crippen molar-refractivity contribution in [2.45, 2.75) is 45.6 Å². The van der Waals surface area contributed by atoms with E-state index in [1.807, 2.05) is 18.2 Å². The summed E-state index contributed by atoms with van der Waals surface area (Å²) >= 11 is 0. The smallest absolute Gasteiger partial charge is 0.0763 e. The summed E-state index contributed by atoms with van der Waals surface area (Å²) in [5.74, 6) is 0. The van der Waals surface area contributed by atoms with Gasteiger partial charge in [-0.3, -0.25) is 0 Å². The Hall–Kier alpha value is -3.20. The molecule has 3 aromatic carbocycles. The van der Waals surface area contributed by atoms with Crippen molar-refractivity contribution < 1.29 is 0 Å². The average Bonchev–Trinajstić information content (AvgIpc) is 3.29. The lowest BCUT2D eigenvalue weighted by atomic mass is 9.99. The molecule has 0 bridgehead atoms. The summed E-state index contributed by atoms with van der Waals surface area (Å²) in [5, 5.41) is 12.6. The van der Waals surface area contributed by atoms with Crippen LogP contribution in [0.2, 0.25) is 0 Å². The zero-order valence-electron chi connectivity index (χ0n) is 17.8. The topological polar surface area (TPSA) is 36.8 Å². The third kappa shape index (κ3) is 4.85. The van der Waals surface area contributed by atoms with E-state index in [-0.39, 0.29) is 0 Å². The number of anilines is 1. The van der Waals surface area contributed by atoms with Gasteiger partial charge in [0.05, 0.1) is 17.5 Å². The van der Waals surface area contributed by atoms with Gasteiger partial charge in [-0.2, -0.15) is 10.2 Å². The molecule has 1 atom stereocenters. The summed E-state index contributed by atoms with van der Waals surface area (Å²) in [6, 6.07) is 28.1. The molecule has 3 nitrogen and oxygen atoms in total. The largest absolute Gasteiger partial charge is 0.378 e. The van der Waals surface area contributed by atoms with Crippen LogP contribution in [0.25, 0.3) is 0 Å². The molecule has 1 aliphatic rings. The maximum Gasteiger partial charge on any atom is 0.0763 e. The minimum atomic E-state index is 0.327. The van der Waals surface area contributed by atoms with Gasteiger partial charge in [-0.05, 0) is 42.2 Å². The Balaban J connectivity index is 1.43. The lowest BCUT2D eigenvalue weighted by Crippen LogP contribution is -2.11. The van der Waals surface area contributed by atoms with Gasteiger partial charge in [0.1, 0.15) is 0 Å². The summed E-state index contributed by atoms with van der Waals surface area (Å²) in [4.78, 5) is 0. The highest BCUT2D eigenvalue weighted by atomic mass is 15.2. The van der Waals surface area contributed by atoms with Crippen molar-refractivity contribution in [1.82, 2.24) is 0 Å². The summed E-state index contributed by atoms with van der Waals surface area (Å²) in [6.45, 7) is 4.38. The maximum atomic E-state index is 4.43. The van der Waals surface area contributed by atoms with Crippen LogP contribution < -0.4 is 5.32 Å².